The molecule has 3 heteroatoms. The first-order valence-electron chi connectivity index (χ1n) is 5.85. The second-order valence-electron chi connectivity index (χ2n) is 4.86. The standard InChI is InChI=1S/C12H23NO2/c1-4-12(2,10-14)9-13-7-5-6-11(8-13)15-3/h10-11H,4-9H2,1-3H3. The van der Waals surface area contributed by atoms with Gasteiger partial charge in [0.2, 0.25) is 0 Å². The molecular formula is C12H23NO2. The first kappa shape index (κ1) is 12.7. The van der Waals surface area contributed by atoms with Crippen LogP contribution in [-0.2, 0) is 9.53 Å². The summed E-state index contributed by atoms with van der Waals surface area (Å²) < 4.78 is 5.37. The third kappa shape index (κ3) is 3.58. The summed E-state index contributed by atoms with van der Waals surface area (Å²) in [5.74, 6) is 0. The Bertz CT molecular complexity index is 208. The van der Waals surface area contributed by atoms with Crippen molar-refractivity contribution in [3.05, 3.63) is 0 Å². The predicted octanol–water partition coefficient (Wildman–Crippen LogP) is 1.71. The van der Waals surface area contributed by atoms with Crippen molar-refractivity contribution in [3.8, 4) is 0 Å². The number of piperidine rings is 1. The fourth-order valence-corrected chi connectivity index (χ4v) is 2.09. The van der Waals surface area contributed by atoms with Crippen molar-refractivity contribution in [1.29, 1.82) is 0 Å². The number of likely N-dealkylation sites (tertiary alicyclic amines) is 1. The molecule has 2 unspecified atom stereocenters. The Hall–Kier alpha value is -0.410. The van der Waals surface area contributed by atoms with Crippen LogP contribution < -0.4 is 0 Å². The molecule has 88 valence electrons. The molecule has 1 aliphatic heterocycles. The largest absolute Gasteiger partial charge is 0.380 e. The molecule has 1 fully saturated rings. The maximum atomic E-state index is 11.0. The average Bonchev–Trinajstić information content (AvgIpc) is 2.29. The SMILES string of the molecule is CCC(C)(C=O)CN1CCCC(OC)C1. The normalized spacial score (nSPS) is 27.3. The van der Waals surface area contributed by atoms with Gasteiger partial charge in [0.15, 0.2) is 0 Å². The van der Waals surface area contributed by atoms with E-state index in [1.54, 1.807) is 7.11 Å². The van der Waals surface area contributed by atoms with Gasteiger partial charge >= 0.3 is 0 Å². The first-order chi connectivity index (χ1) is 7.13. The van der Waals surface area contributed by atoms with Gasteiger partial charge in [-0.05, 0) is 25.8 Å². The van der Waals surface area contributed by atoms with Crippen LogP contribution in [0.3, 0.4) is 0 Å². The van der Waals surface area contributed by atoms with Gasteiger partial charge in [0, 0.05) is 25.6 Å². The van der Waals surface area contributed by atoms with Crippen molar-refractivity contribution < 1.29 is 9.53 Å². The van der Waals surface area contributed by atoms with E-state index in [2.05, 4.69) is 11.8 Å². The summed E-state index contributed by atoms with van der Waals surface area (Å²) in [6.07, 6.45) is 4.69. The highest BCUT2D eigenvalue weighted by Crippen LogP contribution is 2.22. The Kier molecular flexibility index (Phi) is 4.74. The number of methoxy groups -OCH3 is 1. The molecule has 0 radical (unpaired) electrons. The Morgan fingerprint density at radius 3 is 2.87 bits per heavy atom. The minimum Gasteiger partial charge on any atom is -0.380 e. The molecule has 0 N–H and O–H groups in total. The monoisotopic (exact) mass is 213 g/mol. The lowest BCUT2D eigenvalue weighted by molar-refractivity contribution is -0.117. The van der Waals surface area contributed by atoms with E-state index in [9.17, 15) is 4.79 Å². The number of hydrogen-bond acceptors (Lipinski definition) is 3. The van der Waals surface area contributed by atoms with E-state index >= 15 is 0 Å². The van der Waals surface area contributed by atoms with Gasteiger partial charge in [-0.25, -0.2) is 0 Å². The summed E-state index contributed by atoms with van der Waals surface area (Å²) >= 11 is 0. The van der Waals surface area contributed by atoms with Crippen LogP contribution in [0.2, 0.25) is 0 Å². The molecule has 2 atom stereocenters. The lowest BCUT2D eigenvalue weighted by atomic mass is 9.88. The lowest BCUT2D eigenvalue weighted by Gasteiger charge is -2.36. The molecule has 3 nitrogen and oxygen atoms in total. The highest BCUT2D eigenvalue weighted by atomic mass is 16.5. The maximum Gasteiger partial charge on any atom is 0.127 e. The zero-order chi connectivity index (χ0) is 11.3. The zero-order valence-electron chi connectivity index (χ0n) is 10.2. The molecule has 0 aromatic carbocycles. The number of ether oxygens (including phenoxy) is 1. The van der Waals surface area contributed by atoms with Crippen molar-refractivity contribution >= 4 is 6.29 Å². The molecule has 1 heterocycles. The minimum atomic E-state index is -0.185. The number of nitrogens with zero attached hydrogens (tertiary/aromatic N) is 1. The van der Waals surface area contributed by atoms with Crippen LogP contribution in [-0.4, -0.2) is 44.0 Å². The molecule has 0 saturated carbocycles. The van der Waals surface area contributed by atoms with E-state index < -0.39 is 0 Å². The number of carbonyl (C=O) groups is 1. The van der Waals surface area contributed by atoms with Gasteiger partial charge in [0.1, 0.15) is 6.29 Å². The summed E-state index contributed by atoms with van der Waals surface area (Å²) in [7, 11) is 1.77. The smallest absolute Gasteiger partial charge is 0.127 e. The summed E-state index contributed by atoms with van der Waals surface area (Å²) in [4.78, 5) is 13.4. The van der Waals surface area contributed by atoms with Crippen molar-refractivity contribution in [2.45, 2.75) is 39.2 Å². The van der Waals surface area contributed by atoms with E-state index in [1.165, 1.54) is 6.42 Å². The number of aldehydes is 1. The van der Waals surface area contributed by atoms with Gasteiger partial charge in [-0.15, -0.1) is 0 Å². The Labute approximate surface area is 92.8 Å². The van der Waals surface area contributed by atoms with Crippen molar-refractivity contribution in [3.63, 3.8) is 0 Å². The first-order valence-corrected chi connectivity index (χ1v) is 5.85. The average molecular weight is 213 g/mol. The molecule has 1 saturated heterocycles. The van der Waals surface area contributed by atoms with Crippen LogP contribution in [0.5, 0.6) is 0 Å². The van der Waals surface area contributed by atoms with Gasteiger partial charge in [0.25, 0.3) is 0 Å². The van der Waals surface area contributed by atoms with Gasteiger partial charge < -0.3 is 9.53 Å². The second-order valence-corrected chi connectivity index (χ2v) is 4.86. The molecule has 0 amide bonds. The third-order valence-electron chi connectivity index (χ3n) is 3.47. The van der Waals surface area contributed by atoms with Crippen LogP contribution >= 0.6 is 0 Å². The molecule has 1 aliphatic rings. The van der Waals surface area contributed by atoms with Crippen LogP contribution in [0.4, 0.5) is 0 Å². The topological polar surface area (TPSA) is 29.5 Å². The molecule has 1 rings (SSSR count). The van der Waals surface area contributed by atoms with Crippen LogP contribution in [0.15, 0.2) is 0 Å². The van der Waals surface area contributed by atoms with E-state index in [1.807, 2.05) is 6.92 Å². The Morgan fingerprint density at radius 2 is 2.33 bits per heavy atom. The van der Waals surface area contributed by atoms with Gasteiger partial charge in [0.05, 0.1) is 6.10 Å². The fourth-order valence-electron chi connectivity index (χ4n) is 2.09. The van der Waals surface area contributed by atoms with Crippen molar-refractivity contribution in [2.24, 2.45) is 5.41 Å². The van der Waals surface area contributed by atoms with Crippen LogP contribution in [0.1, 0.15) is 33.1 Å². The number of rotatable bonds is 5. The zero-order valence-corrected chi connectivity index (χ0v) is 10.2. The maximum absolute atomic E-state index is 11.0. The van der Waals surface area contributed by atoms with Crippen molar-refractivity contribution in [2.75, 3.05) is 26.7 Å². The molecule has 0 aliphatic carbocycles. The highest BCUT2D eigenvalue weighted by Gasteiger charge is 2.28. The van der Waals surface area contributed by atoms with E-state index in [4.69, 9.17) is 4.74 Å². The molecular weight excluding hydrogens is 190 g/mol. The van der Waals surface area contributed by atoms with Crippen molar-refractivity contribution in [1.82, 2.24) is 4.90 Å². The lowest BCUT2D eigenvalue weighted by Crippen LogP contribution is -2.44. The van der Waals surface area contributed by atoms with E-state index in [-0.39, 0.29) is 5.41 Å². The van der Waals surface area contributed by atoms with Crippen LogP contribution in [0.25, 0.3) is 0 Å². The van der Waals surface area contributed by atoms with Crippen LogP contribution in [0, 0.1) is 5.41 Å². The Balaban J connectivity index is 2.46. The van der Waals surface area contributed by atoms with Gasteiger partial charge in [-0.1, -0.05) is 13.8 Å². The summed E-state index contributed by atoms with van der Waals surface area (Å²) in [6, 6.07) is 0. The van der Waals surface area contributed by atoms with Gasteiger partial charge in [-0.3, -0.25) is 4.90 Å². The summed E-state index contributed by atoms with van der Waals surface area (Å²) in [5.41, 5.74) is -0.185. The van der Waals surface area contributed by atoms with E-state index in [0.717, 1.165) is 38.8 Å². The number of hydrogen-bond donors (Lipinski definition) is 0. The highest BCUT2D eigenvalue weighted by molar-refractivity contribution is 5.58. The molecule has 0 spiro atoms. The predicted molar refractivity (Wildman–Crippen MR) is 60.9 cm³/mol. The Morgan fingerprint density at radius 1 is 1.60 bits per heavy atom. The van der Waals surface area contributed by atoms with Gasteiger partial charge in [-0.2, -0.15) is 0 Å². The quantitative estimate of drug-likeness (QED) is 0.651. The molecule has 15 heavy (non-hydrogen) atoms. The molecule has 0 bridgehead atoms. The number of carbonyl (C=O) groups excluding carboxylic acids is 1. The summed E-state index contributed by atoms with van der Waals surface area (Å²) in [6.45, 7) is 7.05. The minimum absolute atomic E-state index is 0.185. The molecule has 0 aromatic rings. The summed E-state index contributed by atoms with van der Waals surface area (Å²) in [5, 5.41) is 0. The third-order valence-corrected chi connectivity index (χ3v) is 3.47. The van der Waals surface area contributed by atoms with E-state index in [0.29, 0.717) is 6.10 Å². The fraction of sp³-hybridized carbons (Fsp3) is 0.917. The second kappa shape index (κ2) is 5.61. The molecule has 0 aromatic heterocycles.